The lowest BCUT2D eigenvalue weighted by Crippen LogP contribution is -2.54. The predicted molar refractivity (Wildman–Crippen MR) is 161 cm³/mol. The van der Waals surface area contributed by atoms with E-state index in [9.17, 15) is 18.0 Å². The first-order valence-electron chi connectivity index (χ1n) is 13.4. The maximum Gasteiger partial charge on any atom is 0.264 e. The Kier molecular flexibility index (Phi) is 9.46. The third-order valence-electron chi connectivity index (χ3n) is 6.65. The Balaban J connectivity index is 2.07. The Morgan fingerprint density at radius 3 is 1.88 bits per heavy atom. The zero-order valence-corrected chi connectivity index (χ0v) is 25.6. The molecule has 1 N–H and O–H groups in total. The molecular formula is C32H41N3O4S. The molecule has 0 aromatic heterocycles. The molecule has 8 heteroatoms. The summed E-state index contributed by atoms with van der Waals surface area (Å²) < 4.78 is 29.2. The van der Waals surface area contributed by atoms with Gasteiger partial charge in [-0.15, -0.1) is 0 Å². The van der Waals surface area contributed by atoms with Gasteiger partial charge in [-0.3, -0.25) is 13.9 Å². The molecular weight excluding hydrogens is 522 g/mol. The number of nitrogens with zero attached hydrogens (tertiary/aromatic N) is 2. The number of anilines is 1. The summed E-state index contributed by atoms with van der Waals surface area (Å²) in [4.78, 5) is 28.8. The van der Waals surface area contributed by atoms with Gasteiger partial charge in [-0.1, -0.05) is 65.2 Å². The summed E-state index contributed by atoms with van der Waals surface area (Å²) in [5, 5.41) is 2.95. The Hall–Kier alpha value is -3.65. The lowest BCUT2D eigenvalue weighted by molar-refractivity contribution is -0.140. The lowest BCUT2D eigenvalue weighted by Gasteiger charge is -2.34. The molecule has 0 saturated carbocycles. The molecule has 0 aliphatic carbocycles. The molecule has 0 unspecified atom stereocenters. The second kappa shape index (κ2) is 12.3. The highest BCUT2D eigenvalue weighted by atomic mass is 32.2. The van der Waals surface area contributed by atoms with Gasteiger partial charge < -0.3 is 10.2 Å². The first kappa shape index (κ1) is 30.9. The summed E-state index contributed by atoms with van der Waals surface area (Å²) in [6, 6.07) is 18.9. The molecule has 2 amide bonds. The van der Waals surface area contributed by atoms with Crippen molar-refractivity contribution in [3.63, 3.8) is 0 Å². The average molecular weight is 564 g/mol. The van der Waals surface area contributed by atoms with Crippen molar-refractivity contribution in [2.24, 2.45) is 0 Å². The molecule has 7 nitrogen and oxygen atoms in total. The van der Waals surface area contributed by atoms with Crippen molar-refractivity contribution in [3.8, 4) is 0 Å². The minimum Gasteiger partial charge on any atom is -0.350 e. The fraction of sp³-hybridized carbons (Fsp3) is 0.375. The van der Waals surface area contributed by atoms with E-state index in [1.807, 2.05) is 84.9 Å². The van der Waals surface area contributed by atoms with Crippen LogP contribution in [0.3, 0.4) is 0 Å². The maximum absolute atomic E-state index is 14.1. The highest BCUT2D eigenvalue weighted by Crippen LogP contribution is 2.28. The van der Waals surface area contributed by atoms with E-state index < -0.39 is 34.1 Å². The van der Waals surface area contributed by atoms with Crippen LogP contribution in [0.5, 0.6) is 0 Å². The third kappa shape index (κ3) is 7.72. The van der Waals surface area contributed by atoms with Crippen molar-refractivity contribution in [2.45, 2.75) is 78.4 Å². The number of nitrogens with one attached hydrogen (secondary N) is 1. The molecule has 3 aromatic carbocycles. The van der Waals surface area contributed by atoms with Crippen molar-refractivity contribution >= 4 is 27.5 Å². The predicted octanol–water partition coefficient (Wildman–Crippen LogP) is 5.45. The smallest absolute Gasteiger partial charge is 0.264 e. The van der Waals surface area contributed by atoms with Gasteiger partial charge in [-0.05, 0) is 84.7 Å². The fourth-order valence-corrected chi connectivity index (χ4v) is 5.86. The van der Waals surface area contributed by atoms with Crippen LogP contribution in [0.4, 0.5) is 5.69 Å². The summed E-state index contributed by atoms with van der Waals surface area (Å²) in [6.07, 6.45) is 0. The van der Waals surface area contributed by atoms with E-state index >= 15 is 0 Å². The van der Waals surface area contributed by atoms with Crippen LogP contribution in [0.25, 0.3) is 0 Å². The monoisotopic (exact) mass is 563 g/mol. The number of hydrogen-bond donors (Lipinski definition) is 1. The van der Waals surface area contributed by atoms with Gasteiger partial charge in [0.15, 0.2) is 0 Å². The number of rotatable bonds is 9. The van der Waals surface area contributed by atoms with Crippen LogP contribution in [0.2, 0.25) is 0 Å². The lowest BCUT2D eigenvalue weighted by atomic mass is 10.1. The van der Waals surface area contributed by atoms with E-state index in [1.165, 1.54) is 4.90 Å². The van der Waals surface area contributed by atoms with Crippen molar-refractivity contribution in [3.05, 3.63) is 94.5 Å². The largest absolute Gasteiger partial charge is 0.350 e. The Labute approximate surface area is 239 Å². The van der Waals surface area contributed by atoms with Crippen molar-refractivity contribution < 1.29 is 18.0 Å². The van der Waals surface area contributed by atoms with Crippen LogP contribution in [0.15, 0.2) is 71.6 Å². The molecule has 0 fully saturated rings. The SMILES string of the molecule is Cc1ccc(CN(C(=O)CN(c2ccc(C)cc2C)S(=O)(=O)c2ccc(C)cc2)[C@@H](C)C(=O)NC(C)(C)C)cc1. The van der Waals surface area contributed by atoms with E-state index in [-0.39, 0.29) is 17.3 Å². The van der Waals surface area contributed by atoms with Gasteiger partial charge in [0.2, 0.25) is 11.8 Å². The minimum atomic E-state index is -4.10. The zero-order valence-electron chi connectivity index (χ0n) is 24.8. The average Bonchev–Trinajstić information content (AvgIpc) is 2.86. The van der Waals surface area contributed by atoms with E-state index in [2.05, 4.69) is 5.32 Å². The van der Waals surface area contributed by atoms with Crippen LogP contribution in [0, 0.1) is 27.7 Å². The van der Waals surface area contributed by atoms with Gasteiger partial charge in [-0.25, -0.2) is 8.42 Å². The quantitative estimate of drug-likeness (QED) is 0.375. The van der Waals surface area contributed by atoms with Crippen molar-refractivity contribution in [1.82, 2.24) is 10.2 Å². The maximum atomic E-state index is 14.1. The second-order valence-electron chi connectivity index (χ2n) is 11.5. The first-order chi connectivity index (χ1) is 18.6. The summed E-state index contributed by atoms with van der Waals surface area (Å²) in [6.45, 7) is 14.6. The Morgan fingerprint density at radius 2 is 1.35 bits per heavy atom. The summed E-state index contributed by atoms with van der Waals surface area (Å²) in [5.74, 6) is -0.791. The number of hydrogen-bond acceptors (Lipinski definition) is 4. The molecule has 0 radical (unpaired) electrons. The summed E-state index contributed by atoms with van der Waals surface area (Å²) in [7, 11) is -4.10. The van der Waals surface area contributed by atoms with Crippen molar-refractivity contribution in [1.29, 1.82) is 0 Å². The van der Waals surface area contributed by atoms with E-state index in [0.717, 1.165) is 32.1 Å². The number of amides is 2. The van der Waals surface area contributed by atoms with E-state index in [0.29, 0.717) is 5.69 Å². The number of sulfonamides is 1. The number of benzene rings is 3. The number of aryl methyl sites for hydroxylation is 4. The number of carbonyl (C=O) groups is 2. The molecule has 214 valence electrons. The molecule has 0 spiro atoms. The van der Waals surface area contributed by atoms with Gasteiger partial charge >= 0.3 is 0 Å². The minimum absolute atomic E-state index is 0.0921. The van der Waals surface area contributed by atoms with Gasteiger partial charge in [0.25, 0.3) is 10.0 Å². The van der Waals surface area contributed by atoms with Crippen molar-refractivity contribution in [2.75, 3.05) is 10.8 Å². The topological polar surface area (TPSA) is 86.8 Å². The molecule has 40 heavy (non-hydrogen) atoms. The standard InChI is InChI=1S/C32H41N3O4S/c1-22-9-14-27(15-10-22)20-34(26(5)31(37)33-32(6,7)8)30(36)21-35(29-18-13-24(3)19-25(29)4)40(38,39)28-16-11-23(2)12-17-28/h9-19,26H,20-21H2,1-8H3,(H,33,37)/t26-/m0/s1. The molecule has 0 heterocycles. The van der Waals surface area contributed by atoms with Crippen LogP contribution < -0.4 is 9.62 Å². The second-order valence-corrected chi connectivity index (χ2v) is 13.4. The first-order valence-corrected chi connectivity index (χ1v) is 14.9. The zero-order chi connectivity index (χ0) is 29.8. The Bertz CT molecular complexity index is 1460. The highest BCUT2D eigenvalue weighted by molar-refractivity contribution is 7.92. The molecule has 0 bridgehead atoms. The molecule has 0 aliphatic rings. The number of carbonyl (C=O) groups excluding carboxylic acids is 2. The third-order valence-corrected chi connectivity index (χ3v) is 8.42. The van der Waals surface area contributed by atoms with Gasteiger partial charge in [0, 0.05) is 12.1 Å². The van der Waals surface area contributed by atoms with Gasteiger partial charge in [0.1, 0.15) is 12.6 Å². The van der Waals surface area contributed by atoms with Crippen LogP contribution in [-0.2, 0) is 26.2 Å². The van der Waals surface area contributed by atoms with E-state index in [1.54, 1.807) is 37.3 Å². The molecule has 0 saturated heterocycles. The normalized spacial score (nSPS) is 12.5. The Morgan fingerprint density at radius 1 is 0.825 bits per heavy atom. The molecule has 0 aliphatic heterocycles. The highest BCUT2D eigenvalue weighted by Gasteiger charge is 2.33. The van der Waals surface area contributed by atoms with Crippen LogP contribution in [-0.4, -0.2) is 43.3 Å². The molecule has 3 aromatic rings. The van der Waals surface area contributed by atoms with Gasteiger partial charge in [-0.2, -0.15) is 0 Å². The van der Waals surface area contributed by atoms with E-state index in [4.69, 9.17) is 0 Å². The molecule has 1 atom stereocenters. The van der Waals surface area contributed by atoms with Gasteiger partial charge in [0.05, 0.1) is 10.6 Å². The molecule has 3 rings (SSSR count). The van der Waals surface area contributed by atoms with Crippen LogP contribution >= 0.6 is 0 Å². The fourth-order valence-electron chi connectivity index (χ4n) is 4.38. The summed E-state index contributed by atoms with van der Waals surface area (Å²) in [5.41, 5.74) is 4.47. The summed E-state index contributed by atoms with van der Waals surface area (Å²) >= 11 is 0. The van der Waals surface area contributed by atoms with Crippen LogP contribution in [0.1, 0.15) is 55.5 Å².